The number of carbonyl (C=O) groups excluding carboxylic acids is 1. The van der Waals surface area contributed by atoms with Crippen molar-refractivity contribution in [2.75, 3.05) is 20.2 Å². The minimum Gasteiger partial charge on any atom is -0.457 e. The Labute approximate surface area is 142 Å². The van der Waals surface area contributed by atoms with Crippen molar-refractivity contribution in [2.45, 2.75) is 18.6 Å². The van der Waals surface area contributed by atoms with Gasteiger partial charge in [0.2, 0.25) is 0 Å². The number of piperidine rings is 1. The summed E-state index contributed by atoms with van der Waals surface area (Å²) >= 11 is 0. The average molecular weight is 326 g/mol. The van der Waals surface area contributed by atoms with Crippen LogP contribution in [-0.4, -0.2) is 43.2 Å². The highest BCUT2D eigenvalue weighted by Crippen LogP contribution is 2.23. The Morgan fingerprint density at radius 3 is 2.62 bits per heavy atom. The average Bonchev–Trinajstić information content (AvgIpc) is 2.62. The second-order valence-corrected chi connectivity index (χ2v) is 5.92. The van der Waals surface area contributed by atoms with Crippen LogP contribution in [-0.2, 0) is 4.74 Å². The maximum atomic E-state index is 12.7. The number of rotatable bonds is 4. The van der Waals surface area contributed by atoms with Gasteiger partial charge in [-0.25, -0.2) is 0 Å². The van der Waals surface area contributed by atoms with Gasteiger partial charge in [-0.1, -0.05) is 24.3 Å². The zero-order valence-corrected chi connectivity index (χ0v) is 13.7. The van der Waals surface area contributed by atoms with Crippen molar-refractivity contribution in [1.29, 1.82) is 0 Å². The zero-order chi connectivity index (χ0) is 16.9. The van der Waals surface area contributed by atoms with Gasteiger partial charge in [-0.2, -0.15) is 0 Å². The summed E-state index contributed by atoms with van der Waals surface area (Å²) < 4.78 is 11.2. The number of benzene rings is 2. The third kappa shape index (κ3) is 3.75. The van der Waals surface area contributed by atoms with Crippen molar-refractivity contribution in [2.24, 2.45) is 5.73 Å². The summed E-state index contributed by atoms with van der Waals surface area (Å²) in [6.07, 6.45) is 0.622. The first-order chi connectivity index (χ1) is 11.7. The van der Waals surface area contributed by atoms with Crippen LogP contribution in [0.5, 0.6) is 11.5 Å². The lowest BCUT2D eigenvalue weighted by Gasteiger charge is -2.36. The first-order valence-electron chi connectivity index (χ1n) is 8.08. The molecule has 0 unspecified atom stereocenters. The highest BCUT2D eigenvalue weighted by Gasteiger charge is 2.29. The van der Waals surface area contributed by atoms with Crippen LogP contribution in [0.15, 0.2) is 54.6 Å². The standard InChI is InChI=1S/C19H22N2O3/c1-23-18-13-21(11-10-17(18)20)19(22)14-6-5-9-16(12-14)24-15-7-3-2-4-8-15/h2-9,12,17-18H,10-11,13,20H2,1H3/t17-,18+/m0/s1. The van der Waals surface area contributed by atoms with E-state index in [1.54, 1.807) is 24.1 Å². The van der Waals surface area contributed by atoms with E-state index < -0.39 is 0 Å². The Balaban J connectivity index is 1.72. The molecule has 2 atom stereocenters. The number of carbonyl (C=O) groups is 1. The monoisotopic (exact) mass is 326 g/mol. The number of ether oxygens (including phenoxy) is 2. The summed E-state index contributed by atoms with van der Waals surface area (Å²) in [4.78, 5) is 14.5. The third-order valence-corrected chi connectivity index (χ3v) is 4.26. The molecule has 1 aliphatic heterocycles. The number of nitrogens with zero attached hydrogens (tertiary/aromatic N) is 1. The first kappa shape index (κ1) is 16.5. The van der Waals surface area contributed by atoms with Crippen LogP contribution in [0.25, 0.3) is 0 Å². The summed E-state index contributed by atoms with van der Waals surface area (Å²) in [7, 11) is 1.63. The van der Waals surface area contributed by atoms with Crippen molar-refractivity contribution >= 4 is 5.91 Å². The summed E-state index contributed by atoms with van der Waals surface area (Å²) in [6, 6.07) is 16.7. The van der Waals surface area contributed by atoms with E-state index in [-0.39, 0.29) is 18.1 Å². The van der Waals surface area contributed by atoms with Crippen LogP contribution in [0.2, 0.25) is 0 Å². The van der Waals surface area contributed by atoms with Gasteiger partial charge < -0.3 is 20.1 Å². The molecule has 5 heteroatoms. The molecule has 0 radical (unpaired) electrons. The largest absolute Gasteiger partial charge is 0.457 e. The summed E-state index contributed by atoms with van der Waals surface area (Å²) in [5.74, 6) is 1.36. The van der Waals surface area contributed by atoms with Crippen LogP contribution in [0.4, 0.5) is 0 Å². The van der Waals surface area contributed by atoms with Crippen LogP contribution in [0.1, 0.15) is 16.8 Å². The highest BCUT2D eigenvalue weighted by atomic mass is 16.5. The molecule has 0 bridgehead atoms. The molecule has 0 saturated carbocycles. The van der Waals surface area contributed by atoms with Gasteiger partial charge in [0.05, 0.1) is 6.10 Å². The zero-order valence-electron chi connectivity index (χ0n) is 13.7. The van der Waals surface area contributed by atoms with Crippen LogP contribution in [0, 0.1) is 0 Å². The number of methoxy groups -OCH3 is 1. The van der Waals surface area contributed by atoms with E-state index in [0.717, 1.165) is 12.2 Å². The predicted octanol–water partition coefficient (Wildman–Crippen LogP) is 2.67. The highest BCUT2D eigenvalue weighted by molar-refractivity contribution is 5.94. The summed E-state index contributed by atoms with van der Waals surface area (Å²) in [6.45, 7) is 1.16. The minimum atomic E-state index is -0.119. The molecule has 2 N–H and O–H groups in total. The van der Waals surface area contributed by atoms with Gasteiger partial charge in [-0.15, -0.1) is 0 Å². The molecule has 3 rings (SSSR count). The second kappa shape index (κ2) is 7.47. The summed E-state index contributed by atoms with van der Waals surface area (Å²) in [5, 5.41) is 0. The van der Waals surface area contributed by atoms with E-state index in [2.05, 4.69) is 0 Å². The molecule has 0 aliphatic carbocycles. The molecule has 126 valence electrons. The van der Waals surface area contributed by atoms with Gasteiger partial charge >= 0.3 is 0 Å². The maximum Gasteiger partial charge on any atom is 0.254 e. The minimum absolute atomic E-state index is 0.0215. The number of hydrogen-bond acceptors (Lipinski definition) is 4. The SMILES string of the molecule is CO[C@@H]1CN(C(=O)c2cccc(Oc3ccccc3)c2)CC[C@@H]1N. The molecule has 0 aromatic heterocycles. The number of nitrogens with two attached hydrogens (primary N) is 1. The van der Waals surface area contributed by atoms with Gasteiger partial charge in [0, 0.05) is 31.8 Å². The van der Waals surface area contributed by atoms with Gasteiger partial charge in [0.1, 0.15) is 11.5 Å². The topological polar surface area (TPSA) is 64.8 Å². The van der Waals surface area contributed by atoms with Crippen molar-refractivity contribution < 1.29 is 14.3 Å². The Morgan fingerprint density at radius 1 is 1.12 bits per heavy atom. The number of hydrogen-bond donors (Lipinski definition) is 1. The predicted molar refractivity (Wildman–Crippen MR) is 92.3 cm³/mol. The lowest BCUT2D eigenvalue weighted by molar-refractivity contribution is 0.0162. The quantitative estimate of drug-likeness (QED) is 0.938. The van der Waals surface area contributed by atoms with Gasteiger partial charge in [-0.3, -0.25) is 4.79 Å². The molecule has 1 fully saturated rings. The van der Waals surface area contributed by atoms with E-state index in [4.69, 9.17) is 15.2 Å². The lowest BCUT2D eigenvalue weighted by atomic mass is 10.0. The lowest BCUT2D eigenvalue weighted by Crippen LogP contribution is -2.53. The Morgan fingerprint density at radius 2 is 1.88 bits per heavy atom. The number of amides is 1. The molecule has 2 aromatic carbocycles. The molecule has 1 saturated heterocycles. The smallest absolute Gasteiger partial charge is 0.254 e. The van der Waals surface area contributed by atoms with E-state index in [1.807, 2.05) is 42.5 Å². The second-order valence-electron chi connectivity index (χ2n) is 5.92. The normalized spacial score (nSPS) is 20.7. The molecule has 24 heavy (non-hydrogen) atoms. The summed E-state index contributed by atoms with van der Waals surface area (Å²) in [5.41, 5.74) is 6.62. The molecule has 1 aliphatic rings. The van der Waals surface area contributed by atoms with E-state index in [9.17, 15) is 4.79 Å². The molecule has 1 heterocycles. The number of likely N-dealkylation sites (tertiary alicyclic amines) is 1. The molecular formula is C19H22N2O3. The van der Waals surface area contributed by atoms with Crippen LogP contribution in [0.3, 0.4) is 0 Å². The van der Waals surface area contributed by atoms with Crippen molar-refractivity contribution in [1.82, 2.24) is 4.90 Å². The van der Waals surface area contributed by atoms with Crippen molar-refractivity contribution in [3.8, 4) is 11.5 Å². The third-order valence-electron chi connectivity index (χ3n) is 4.26. The van der Waals surface area contributed by atoms with Crippen molar-refractivity contribution in [3.63, 3.8) is 0 Å². The Hall–Kier alpha value is -2.37. The fourth-order valence-corrected chi connectivity index (χ4v) is 2.87. The van der Waals surface area contributed by atoms with Crippen LogP contribution >= 0.6 is 0 Å². The molecule has 2 aromatic rings. The Bertz CT molecular complexity index is 690. The molecule has 1 amide bonds. The van der Waals surface area contributed by atoms with E-state index in [0.29, 0.717) is 24.4 Å². The fourth-order valence-electron chi connectivity index (χ4n) is 2.87. The van der Waals surface area contributed by atoms with E-state index in [1.165, 1.54) is 0 Å². The Kier molecular flexibility index (Phi) is 5.13. The van der Waals surface area contributed by atoms with Gasteiger partial charge in [-0.05, 0) is 36.8 Å². The molecule has 5 nitrogen and oxygen atoms in total. The maximum absolute atomic E-state index is 12.7. The molecule has 0 spiro atoms. The molecular weight excluding hydrogens is 304 g/mol. The van der Waals surface area contributed by atoms with Crippen LogP contribution < -0.4 is 10.5 Å². The first-order valence-corrected chi connectivity index (χ1v) is 8.08. The van der Waals surface area contributed by atoms with Crippen molar-refractivity contribution in [3.05, 3.63) is 60.2 Å². The van der Waals surface area contributed by atoms with Gasteiger partial charge in [0.25, 0.3) is 5.91 Å². The van der Waals surface area contributed by atoms with Gasteiger partial charge in [0.15, 0.2) is 0 Å². The number of para-hydroxylation sites is 1. The fraction of sp³-hybridized carbons (Fsp3) is 0.316. The van der Waals surface area contributed by atoms with E-state index >= 15 is 0 Å².